The van der Waals surface area contributed by atoms with Crippen molar-refractivity contribution >= 4 is 0 Å². The highest BCUT2D eigenvalue weighted by Gasteiger charge is 2.45. The van der Waals surface area contributed by atoms with Gasteiger partial charge in [0.15, 0.2) is 0 Å². The van der Waals surface area contributed by atoms with E-state index in [1.54, 1.807) is 12.1 Å². The third-order valence-corrected chi connectivity index (χ3v) is 4.98. The Hall–Kier alpha value is -0.930. The van der Waals surface area contributed by atoms with Gasteiger partial charge < -0.3 is 10.0 Å². The molecule has 2 unspecified atom stereocenters. The first-order chi connectivity index (χ1) is 9.06. The number of nitrogens with zero attached hydrogens (tertiary/aromatic N) is 1. The van der Waals surface area contributed by atoms with E-state index in [0.29, 0.717) is 12.1 Å². The molecule has 2 bridgehead atoms. The molecule has 2 atom stereocenters. The third kappa shape index (κ3) is 2.67. The summed E-state index contributed by atoms with van der Waals surface area (Å²) in [5.74, 6) is -0.187. The van der Waals surface area contributed by atoms with Crippen LogP contribution >= 0.6 is 0 Å². The molecule has 1 aromatic rings. The summed E-state index contributed by atoms with van der Waals surface area (Å²) in [6.07, 6.45) is 5.67. The summed E-state index contributed by atoms with van der Waals surface area (Å²) in [7, 11) is 2.18. The zero-order chi connectivity index (χ0) is 13.5. The SMILES string of the molecule is CN1C2CCC1CC(O)(CCc1cccc(F)c1)C2. The molecular formula is C16H22FNO. The van der Waals surface area contributed by atoms with Gasteiger partial charge in [0, 0.05) is 12.1 Å². The van der Waals surface area contributed by atoms with Gasteiger partial charge in [-0.2, -0.15) is 0 Å². The van der Waals surface area contributed by atoms with Crippen molar-refractivity contribution in [2.75, 3.05) is 7.05 Å². The molecule has 2 heterocycles. The van der Waals surface area contributed by atoms with Gasteiger partial charge >= 0.3 is 0 Å². The summed E-state index contributed by atoms with van der Waals surface area (Å²) in [4.78, 5) is 2.43. The quantitative estimate of drug-likeness (QED) is 0.906. The van der Waals surface area contributed by atoms with Crippen molar-refractivity contribution in [3.63, 3.8) is 0 Å². The lowest BCUT2D eigenvalue weighted by atomic mass is 9.82. The molecule has 0 saturated carbocycles. The fourth-order valence-corrected chi connectivity index (χ4v) is 3.82. The van der Waals surface area contributed by atoms with Gasteiger partial charge in [0.2, 0.25) is 0 Å². The van der Waals surface area contributed by atoms with Crippen LogP contribution in [0.3, 0.4) is 0 Å². The Bertz CT molecular complexity index is 448. The Labute approximate surface area is 114 Å². The second-order valence-electron chi connectivity index (χ2n) is 6.31. The van der Waals surface area contributed by atoms with Crippen LogP contribution in [0.2, 0.25) is 0 Å². The number of aryl methyl sites for hydroxylation is 1. The van der Waals surface area contributed by atoms with Crippen LogP contribution < -0.4 is 0 Å². The zero-order valence-electron chi connectivity index (χ0n) is 11.5. The minimum atomic E-state index is -0.551. The van der Waals surface area contributed by atoms with Crippen LogP contribution in [-0.4, -0.2) is 34.7 Å². The van der Waals surface area contributed by atoms with Gasteiger partial charge in [-0.1, -0.05) is 12.1 Å². The molecular weight excluding hydrogens is 241 g/mol. The molecule has 0 radical (unpaired) electrons. The van der Waals surface area contributed by atoms with Crippen LogP contribution in [0, 0.1) is 5.82 Å². The summed E-state index contributed by atoms with van der Waals surface area (Å²) in [6.45, 7) is 0. The van der Waals surface area contributed by atoms with Crippen LogP contribution in [0.4, 0.5) is 4.39 Å². The fourth-order valence-electron chi connectivity index (χ4n) is 3.82. The summed E-state index contributed by atoms with van der Waals surface area (Å²) in [5, 5.41) is 10.8. The molecule has 3 heteroatoms. The molecule has 1 aromatic carbocycles. The zero-order valence-corrected chi connectivity index (χ0v) is 11.5. The van der Waals surface area contributed by atoms with Crippen LogP contribution in [0.25, 0.3) is 0 Å². The Kier molecular flexibility index (Phi) is 3.35. The molecule has 0 amide bonds. The van der Waals surface area contributed by atoms with Crippen molar-refractivity contribution < 1.29 is 9.50 Å². The van der Waals surface area contributed by atoms with Crippen LogP contribution in [-0.2, 0) is 6.42 Å². The molecule has 2 aliphatic heterocycles. The van der Waals surface area contributed by atoms with Gasteiger partial charge in [0.25, 0.3) is 0 Å². The summed E-state index contributed by atoms with van der Waals surface area (Å²) < 4.78 is 13.1. The van der Waals surface area contributed by atoms with Gasteiger partial charge in [-0.3, -0.25) is 0 Å². The number of aliphatic hydroxyl groups is 1. The monoisotopic (exact) mass is 263 g/mol. The maximum atomic E-state index is 13.1. The van der Waals surface area contributed by atoms with Crippen molar-refractivity contribution in [2.24, 2.45) is 0 Å². The first-order valence-electron chi connectivity index (χ1n) is 7.24. The highest BCUT2D eigenvalue weighted by molar-refractivity contribution is 5.17. The lowest BCUT2D eigenvalue weighted by Crippen LogP contribution is -2.49. The molecule has 0 aliphatic carbocycles. The summed E-state index contributed by atoms with van der Waals surface area (Å²) >= 11 is 0. The van der Waals surface area contributed by atoms with E-state index in [0.717, 1.165) is 31.2 Å². The van der Waals surface area contributed by atoms with E-state index < -0.39 is 5.60 Å². The molecule has 2 nitrogen and oxygen atoms in total. The van der Waals surface area contributed by atoms with E-state index in [9.17, 15) is 9.50 Å². The highest BCUT2D eigenvalue weighted by Crippen LogP contribution is 2.41. The van der Waals surface area contributed by atoms with Gasteiger partial charge in [-0.25, -0.2) is 4.39 Å². The van der Waals surface area contributed by atoms with E-state index in [-0.39, 0.29) is 5.82 Å². The second kappa shape index (κ2) is 4.88. The Morgan fingerprint density at radius 1 is 1.32 bits per heavy atom. The summed E-state index contributed by atoms with van der Waals surface area (Å²) in [5.41, 5.74) is 0.435. The van der Waals surface area contributed by atoms with E-state index in [1.165, 1.54) is 18.9 Å². The topological polar surface area (TPSA) is 23.5 Å². The Morgan fingerprint density at radius 2 is 2.00 bits per heavy atom. The smallest absolute Gasteiger partial charge is 0.123 e. The van der Waals surface area contributed by atoms with Crippen molar-refractivity contribution in [2.45, 2.75) is 56.2 Å². The molecule has 2 saturated heterocycles. The van der Waals surface area contributed by atoms with Crippen LogP contribution in [0.15, 0.2) is 24.3 Å². The van der Waals surface area contributed by atoms with E-state index in [1.807, 2.05) is 6.07 Å². The standard InChI is InChI=1S/C16H22FNO/c1-18-14-5-6-15(18)11-16(19,10-14)8-7-12-3-2-4-13(17)9-12/h2-4,9,14-15,19H,5-8,10-11H2,1H3. The lowest BCUT2D eigenvalue weighted by molar-refractivity contribution is -0.0497. The molecule has 0 aromatic heterocycles. The lowest BCUT2D eigenvalue weighted by Gasteiger charge is -2.42. The molecule has 2 aliphatic rings. The largest absolute Gasteiger partial charge is 0.390 e. The van der Waals surface area contributed by atoms with Crippen molar-refractivity contribution in [1.29, 1.82) is 0 Å². The number of piperidine rings is 1. The number of hydrogen-bond donors (Lipinski definition) is 1. The first-order valence-corrected chi connectivity index (χ1v) is 7.24. The predicted octanol–water partition coefficient (Wildman–Crippen LogP) is 2.75. The van der Waals surface area contributed by atoms with Gasteiger partial charge in [-0.05, 0) is 63.3 Å². The van der Waals surface area contributed by atoms with Gasteiger partial charge in [0.1, 0.15) is 5.82 Å². The second-order valence-corrected chi connectivity index (χ2v) is 6.31. The third-order valence-electron chi connectivity index (χ3n) is 4.98. The predicted molar refractivity (Wildman–Crippen MR) is 73.5 cm³/mol. The fraction of sp³-hybridized carbons (Fsp3) is 0.625. The van der Waals surface area contributed by atoms with E-state index in [4.69, 9.17) is 0 Å². The molecule has 2 fully saturated rings. The number of benzene rings is 1. The maximum absolute atomic E-state index is 13.1. The first kappa shape index (κ1) is 13.1. The average molecular weight is 263 g/mol. The maximum Gasteiger partial charge on any atom is 0.123 e. The van der Waals surface area contributed by atoms with Crippen molar-refractivity contribution in [3.05, 3.63) is 35.6 Å². The number of rotatable bonds is 3. The van der Waals surface area contributed by atoms with E-state index >= 15 is 0 Å². The van der Waals surface area contributed by atoms with Crippen LogP contribution in [0.1, 0.15) is 37.7 Å². The van der Waals surface area contributed by atoms with Gasteiger partial charge in [0.05, 0.1) is 5.60 Å². The molecule has 3 rings (SSSR count). The summed E-state index contributed by atoms with van der Waals surface area (Å²) in [6, 6.07) is 7.80. The number of hydrogen-bond acceptors (Lipinski definition) is 2. The van der Waals surface area contributed by atoms with Crippen LogP contribution in [0.5, 0.6) is 0 Å². The normalized spacial score (nSPS) is 34.7. The average Bonchev–Trinajstić information content (AvgIpc) is 2.61. The van der Waals surface area contributed by atoms with Crippen molar-refractivity contribution in [3.8, 4) is 0 Å². The molecule has 104 valence electrons. The molecule has 1 N–H and O–H groups in total. The molecule has 19 heavy (non-hydrogen) atoms. The Balaban J connectivity index is 1.64. The van der Waals surface area contributed by atoms with E-state index in [2.05, 4.69) is 11.9 Å². The van der Waals surface area contributed by atoms with Crippen molar-refractivity contribution in [1.82, 2.24) is 4.90 Å². The molecule has 0 spiro atoms. The minimum Gasteiger partial charge on any atom is -0.390 e. The highest BCUT2D eigenvalue weighted by atomic mass is 19.1. The number of halogens is 1. The number of fused-ring (bicyclic) bond motifs is 2. The Morgan fingerprint density at radius 3 is 2.63 bits per heavy atom. The van der Waals surface area contributed by atoms with Gasteiger partial charge in [-0.15, -0.1) is 0 Å². The minimum absolute atomic E-state index is 0.187.